The minimum atomic E-state index is 0.318. The smallest absolute Gasteiger partial charge is 0.134 e. The third-order valence-electron chi connectivity index (χ3n) is 2.84. The van der Waals surface area contributed by atoms with E-state index in [0.29, 0.717) is 6.54 Å². The molecule has 0 radical (unpaired) electrons. The van der Waals surface area contributed by atoms with Crippen molar-refractivity contribution in [1.82, 2.24) is 9.97 Å². The lowest BCUT2D eigenvalue weighted by Gasteiger charge is -2.28. The van der Waals surface area contributed by atoms with Crippen LogP contribution < -0.4 is 9.80 Å². The third kappa shape index (κ3) is 2.87. The fraction of sp³-hybridized carbons (Fsp3) is 0.583. The first-order valence-electron chi connectivity index (χ1n) is 5.97. The number of anilines is 2. The molecule has 6 heteroatoms. The predicted molar refractivity (Wildman–Crippen MR) is 68.7 cm³/mol. The van der Waals surface area contributed by atoms with Crippen LogP contribution in [-0.2, 0) is 4.74 Å². The maximum atomic E-state index is 8.72. The summed E-state index contributed by atoms with van der Waals surface area (Å²) in [6.45, 7) is 5.33. The van der Waals surface area contributed by atoms with Crippen molar-refractivity contribution < 1.29 is 4.74 Å². The largest absolute Gasteiger partial charge is 0.378 e. The Balaban J connectivity index is 2.23. The molecule has 1 fully saturated rings. The number of aryl methyl sites for hydroxylation is 1. The minimum absolute atomic E-state index is 0.318. The van der Waals surface area contributed by atoms with Gasteiger partial charge in [0.05, 0.1) is 19.3 Å². The van der Waals surface area contributed by atoms with Gasteiger partial charge in [-0.25, -0.2) is 9.97 Å². The van der Waals surface area contributed by atoms with Crippen molar-refractivity contribution in [3.8, 4) is 6.07 Å². The van der Waals surface area contributed by atoms with E-state index in [9.17, 15) is 0 Å². The van der Waals surface area contributed by atoms with Crippen LogP contribution in [-0.4, -0.2) is 49.9 Å². The zero-order valence-electron chi connectivity index (χ0n) is 10.8. The van der Waals surface area contributed by atoms with Gasteiger partial charge in [-0.2, -0.15) is 5.26 Å². The van der Waals surface area contributed by atoms with E-state index in [0.717, 1.165) is 43.8 Å². The van der Waals surface area contributed by atoms with E-state index in [1.807, 2.05) is 24.9 Å². The molecule has 0 saturated carbocycles. The molecule has 0 bridgehead atoms. The minimum Gasteiger partial charge on any atom is -0.378 e. The number of rotatable bonds is 3. The Morgan fingerprint density at radius 2 is 2.17 bits per heavy atom. The van der Waals surface area contributed by atoms with Gasteiger partial charge in [0.15, 0.2) is 0 Å². The number of hydrogen-bond donors (Lipinski definition) is 0. The molecule has 0 aliphatic carbocycles. The molecule has 0 N–H and O–H groups in total. The average Bonchev–Trinajstić information content (AvgIpc) is 2.39. The standard InChI is InChI=1S/C12H17N5O/c1-10-14-11(16(2)4-3-13)9-12(15-10)17-5-7-18-8-6-17/h9H,4-8H2,1-2H3. The monoisotopic (exact) mass is 247 g/mol. The molecule has 0 atom stereocenters. The van der Waals surface area contributed by atoms with Crippen LogP contribution in [0.4, 0.5) is 11.6 Å². The van der Waals surface area contributed by atoms with Crippen LogP contribution in [0.15, 0.2) is 6.07 Å². The fourth-order valence-electron chi connectivity index (χ4n) is 1.87. The second-order valence-corrected chi connectivity index (χ2v) is 4.25. The molecule has 2 rings (SSSR count). The molecule has 6 nitrogen and oxygen atoms in total. The molecular formula is C12H17N5O. The second kappa shape index (κ2) is 5.65. The summed E-state index contributed by atoms with van der Waals surface area (Å²) in [7, 11) is 1.86. The summed E-state index contributed by atoms with van der Waals surface area (Å²) in [6.07, 6.45) is 0. The molecular weight excluding hydrogens is 230 g/mol. The normalized spacial score (nSPS) is 15.3. The lowest BCUT2D eigenvalue weighted by molar-refractivity contribution is 0.122. The van der Waals surface area contributed by atoms with E-state index in [1.54, 1.807) is 0 Å². The Kier molecular flexibility index (Phi) is 3.95. The van der Waals surface area contributed by atoms with Gasteiger partial charge in [0.1, 0.15) is 24.0 Å². The van der Waals surface area contributed by atoms with E-state index in [2.05, 4.69) is 20.9 Å². The van der Waals surface area contributed by atoms with E-state index < -0.39 is 0 Å². The van der Waals surface area contributed by atoms with E-state index in [4.69, 9.17) is 10.00 Å². The SMILES string of the molecule is Cc1nc(N(C)CC#N)cc(N2CCOCC2)n1. The molecule has 0 unspecified atom stereocenters. The van der Waals surface area contributed by atoms with Crippen molar-refractivity contribution in [2.24, 2.45) is 0 Å². The number of hydrogen-bond acceptors (Lipinski definition) is 6. The van der Waals surface area contributed by atoms with Gasteiger partial charge in [-0.1, -0.05) is 0 Å². The van der Waals surface area contributed by atoms with Crippen molar-refractivity contribution >= 4 is 11.6 Å². The lowest BCUT2D eigenvalue weighted by atomic mass is 10.3. The van der Waals surface area contributed by atoms with Crippen molar-refractivity contribution in [3.63, 3.8) is 0 Å². The van der Waals surface area contributed by atoms with Gasteiger partial charge >= 0.3 is 0 Å². The summed E-state index contributed by atoms with van der Waals surface area (Å²) >= 11 is 0. The summed E-state index contributed by atoms with van der Waals surface area (Å²) in [4.78, 5) is 12.8. The number of ether oxygens (including phenoxy) is 1. The third-order valence-corrected chi connectivity index (χ3v) is 2.84. The van der Waals surface area contributed by atoms with E-state index in [-0.39, 0.29) is 0 Å². The van der Waals surface area contributed by atoms with Gasteiger partial charge in [-0.15, -0.1) is 0 Å². The van der Waals surface area contributed by atoms with Crippen molar-refractivity contribution in [3.05, 3.63) is 11.9 Å². The fourth-order valence-corrected chi connectivity index (χ4v) is 1.87. The Labute approximate surface area is 107 Å². The molecule has 2 heterocycles. The zero-order valence-corrected chi connectivity index (χ0v) is 10.8. The van der Waals surface area contributed by atoms with Crippen LogP contribution in [0.5, 0.6) is 0 Å². The van der Waals surface area contributed by atoms with Crippen LogP contribution in [0.25, 0.3) is 0 Å². The zero-order chi connectivity index (χ0) is 13.0. The topological polar surface area (TPSA) is 65.3 Å². The highest BCUT2D eigenvalue weighted by Gasteiger charge is 2.15. The summed E-state index contributed by atoms with van der Waals surface area (Å²) in [5, 5.41) is 8.72. The Morgan fingerprint density at radius 1 is 1.44 bits per heavy atom. The van der Waals surface area contributed by atoms with Crippen LogP contribution in [0.3, 0.4) is 0 Å². The molecule has 18 heavy (non-hydrogen) atoms. The number of aromatic nitrogens is 2. The van der Waals surface area contributed by atoms with Gasteiger partial charge in [0.25, 0.3) is 0 Å². The van der Waals surface area contributed by atoms with Crippen molar-refractivity contribution in [2.75, 3.05) is 49.7 Å². The maximum absolute atomic E-state index is 8.72. The molecule has 0 amide bonds. The number of morpholine rings is 1. The van der Waals surface area contributed by atoms with Crippen LogP contribution in [0, 0.1) is 18.3 Å². The van der Waals surface area contributed by atoms with E-state index in [1.165, 1.54) is 0 Å². The molecule has 1 aliphatic heterocycles. The van der Waals surface area contributed by atoms with Gasteiger partial charge in [-0.05, 0) is 6.92 Å². The molecule has 1 aliphatic rings. The maximum Gasteiger partial charge on any atom is 0.134 e. The van der Waals surface area contributed by atoms with E-state index >= 15 is 0 Å². The molecule has 1 aromatic heterocycles. The highest BCUT2D eigenvalue weighted by Crippen LogP contribution is 2.19. The molecule has 0 aromatic carbocycles. The second-order valence-electron chi connectivity index (χ2n) is 4.25. The summed E-state index contributed by atoms with van der Waals surface area (Å²) in [5.41, 5.74) is 0. The summed E-state index contributed by atoms with van der Waals surface area (Å²) in [5.74, 6) is 2.41. The highest BCUT2D eigenvalue weighted by molar-refractivity contribution is 5.51. The number of nitriles is 1. The van der Waals surface area contributed by atoms with Crippen molar-refractivity contribution in [1.29, 1.82) is 5.26 Å². The first kappa shape index (κ1) is 12.6. The van der Waals surface area contributed by atoms with Crippen LogP contribution in [0.1, 0.15) is 5.82 Å². The predicted octanol–water partition coefficient (Wildman–Crippen LogP) is 0.581. The Morgan fingerprint density at radius 3 is 2.83 bits per heavy atom. The lowest BCUT2D eigenvalue weighted by Crippen LogP contribution is -2.37. The quantitative estimate of drug-likeness (QED) is 0.728. The average molecular weight is 247 g/mol. The molecule has 0 spiro atoms. The molecule has 1 aromatic rings. The number of nitrogens with zero attached hydrogens (tertiary/aromatic N) is 5. The van der Waals surface area contributed by atoms with Crippen LogP contribution >= 0.6 is 0 Å². The van der Waals surface area contributed by atoms with Gasteiger partial charge in [0, 0.05) is 26.2 Å². The summed E-state index contributed by atoms with van der Waals surface area (Å²) < 4.78 is 5.33. The highest BCUT2D eigenvalue weighted by atomic mass is 16.5. The van der Waals surface area contributed by atoms with Gasteiger partial charge in [0.2, 0.25) is 0 Å². The molecule has 1 saturated heterocycles. The Hall–Kier alpha value is -1.87. The molecule has 96 valence electrons. The van der Waals surface area contributed by atoms with Crippen molar-refractivity contribution in [2.45, 2.75) is 6.92 Å². The van der Waals surface area contributed by atoms with Gasteiger partial charge in [-0.3, -0.25) is 0 Å². The van der Waals surface area contributed by atoms with Crippen LogP contribution in [0.2, 0.25) is 0 Å². The summed E-state index contributed by atoms with van der Waals surface area (Å²) in [6, 6.07) is 4.04. The Bertz CT molecular complexity index is 450. The van der Waals surface area contributed by atoms with Gasteiger partial charge < -0.3 is 14.5 Å². The first-order chi connectivity index (χ1) is 8.70. The first-order valence-corrected chi connectivity index (χ1v) is 5.97.